The van der Waals surface area contributed by atoms with Crippen molar-refractivity contribution in [3.05, 3.63) is 0 Å². The van der Waals surface area contributed by atoms with E-state index in [9.17, 15) is 13.2 Å². The Labute approximate surface area is 146 Å². The molecule has 0 radical (unpaired) electrons. The number of rotatable bonds is 4. The standard InChI is InChI=1S/C17H31N3O3S/c1-18(2)11-17(21)20-9-8-19(10-14-6-4-3-5-7-14)15-12-24(22,23)13-16(15)20/h14-16H,3-13H2,1-2H3/t15-,16+/m0/s1. The lowest BCUT2D eigenvalue weighted by Crippen LogP contribution is -2.62. The predicted molar refractivity (Wildman–Crippen MR) is 94.6 cm³/mol. The Balaban J connectivity index is 1.71. The SMILES string of the molecule is CN(C)CC(=O)N1CCN(CC2CCCCC2)[C@H]2CS(=O)(=O)C[C@H]21. The number of hydrogen-bond acceptors (Lipinski definition) is 5. The van der Waals surface area contributed by atoms with Gasteiger partial charge in [-0.3, -0.25) is 9.69 Å². The minimum absolute atomic E-state index is 0.00297. The van der Waals surface area contributed by atoms with Gasteiger partial charge in [0.05, 0.1) is 24.1 Å². The summed E-state index contributed by atoms with van der Waals surface area (Å²) < 4.78 is 24.5. The molecule has 6 nitrogen and oxygen atoms in total. The van der Waals surface area contributed by atoms with Gasteiger partial charge in [0.1, 0.15) is 0 Å². The fraction of sp³-hybridized carbons (Fsp3) is 0.941. The van der Waals surface area contributed by atoms with Gasteiger partial charge in [0.25, 0.3) is 0 Å². The summed E-state index contributed by atoms with van der Waals surface area (Å²) in [5.74, 6) is 1.12. The Bertz CT molecular complexity index is 557. The van der Waals surface area contributed by atoms with Crippen LogP contribution in [0.2, 0.25) is 0 Å². The lowest BCUT2D eigenvalue weighted by Gasteiger charge is -2.45. The van der Waals surface area contributed by atoms with Gasteiger partial charge in [0, 0.05) is 25.7 Å². The zero-order valence-electron chi connectivity index (χ0n) is 15.0. The number of carbonyl (C=O) groups is 1. The molecule has 7 heteroatoms. The molecular formula is C17H31N3O3S. The maximum Gasteiger partial charge on any atom is 0.237 e. The van der Waals surface area contributed by atoms with Gasteiger partial charge in [0.2, 0.25) is 5.91 Å². The summed E-state index contributed by atoms with van der Waals surface area (Å²) in [4.78, 5) is 18.6. The van der Waals surface area contributed by atoms with Crippen LogP contribution in [-0.4, -0.2) is 92.9 Å². The lowest BCUT2D eigenvalue weighted by atomic mass is 9.88. The van der Waals surface area contributed by atoms with Crippen molar-refractivity contribution in [2.45, 2.75) is 44.2 Å². The van der Waals surface area contributed by atoms with E-state index < -0.39 is 9.84 Å². The molecule has 3 fully saturated rings. The van der Waals surface area contributed by atoms with Gasteiger partial charge in [-0.1, -0.05) is 19.3 Å². The Morgan fingerprint density at radius 2 is 1.71 bits per heavy atom. The van der Waals surface area contributed by atoms with Crippen LogP contribution in [-0.2, 0) is 14.6 Å². The highest BCUT2D eigenvalue weighted by molar-refractivity contribution is 7.91. The first-order valence-electron chi connectivity index (χ1n) is 9.24. The minimum Gasteiger partial charge on any atom is -0.335 e. The van der Waals surface area contributed by atoms with Crippen molar-refractivity contribution in [3.8, 4) is 0 Å². The number of piperazine rings is 1. The number of fused-ring (bicyclic) bond motifs is 1. The second-order valence-electron chi connectivity index (χ2n) is 8.04. The summed E-state index contributed by atoms with van der Waals surface area (Å²) in [6.07, 6.45) is 6.48. The molecule has 0 aromatic rings. The summed E-state index contributed by atoms with van der Waals surface area (Å²) >= 11 is 0. The van der Waals surface area contributed by atoms with E-state index >= 15 is 0 Å². The van der Waals surface area contributed by atoms with Crippen molar-refractivity contribution in [2.75, 3.05) is 51.8 Å². The highest BCUT2D eigenvalue weighted by Crippen LogP contribution is 2.31. The van der Waals surface area contributed by atoms with E-state index in [1.54, 1.807) is 0 Å². The number of carbonyl (C=O) groups excluding carboxylic acids is 1. The Hall–Kier alpha value is -0.660. The third-order valence-electron chi connectivity index (χ3n) is 5.78. The van der Waals surface area contributed by atoms with Crippen LogP contribution >= 0.6 is 0 Å². The smallest absolute Gasteiger partial charge is 0.237 e. The first-order chi connectivity index (χ1) is 11.4. The second kappa shape index (κ2) is 7.30. The fourth-order valence-corrected chi connectivity index (χ4v) is 6.64. The van der Waals surface area contributed by atoms with Crippen molar-refractivity contribution >= 4 is 15.7 Å². The maximum absolute atomic E-state index is 12.5. The highest BCUT2D eigenvalue weighted by Gasteiger charge is 2.48. The summed E-state index contributed by atoms with van der Waals surface area (Å²) in [7, 11) is 0.704. The van der Waals surface area contributed by atoms with E-state index in [0.717, 1.165) is 13.1 Å². The van der Waals surface area contributed by atoms with Crippen LogP contribution in [0.3, 0.4) is 0 Å². The van der Waals surface area contributed by atoms with E-state index in [2.05, 4.69) is 4.90 Å². The Morgan fingerprint density at radius 1 is 1.04 bits per heavy atom. The molecule has 0 unspecified atom stereocenters. The number of amides is 1. The van der Waals surface area contributed by atoms with Gasteiger partial charge in [-0.25, -0.2) is 8.42 Å². The van der Waals surface area contributed by atoms with Crippen LogP contribution in [0.5, 0.6) is 0 Å². The van der Waals surface area contributed by atoms with Gasteiger partial charge >= 0.3 is 0 Å². The highest BCUT2D eigenvalue weighted by atomic mass is 32.2. The van der Waals surface area contributed by atoms with Crippen molar-refractivity contribution < 1.29 is 13.2 Å². The summed E-state index contributed by atoms with van der Waals surface area (Å²) in [6, 6.07) is -0.156. The van der Waals surface area contributed by atoms with Gasteiger partial charge < -0.3 is 9.80 Å². The second-order valence-corrected chi connectivity index (χ2v) is 10.2. The van der Waals surface area contributed by atoms with Crippen LogP contribution in [0.1, 0.15) is 32.1 Å². The monoisotopic (exact) mass is 357 g/mol. The molecule has 3 aliphatic rings. The zero-order valence-corrected chi connectivity index (χ0v) is 15.8. The fourth-order valence-electron chi connectivity index (χ4n) is 4.62. The third kappa shape index (κ3) is 4.11. The summed E-state index contributed by atoms with van der Waals surface area (Å²) in [5.41, 5.74) is 0. The van der Waals surface area contributed by atoms with Crippen LogP contribution in [0, 0.1) is 5.92 Å². The molecule has 2 aliphatic heterocycles. The predicted octanol–water partition coefficient (Wildman–Crippen LogP) is 0.438. The van der Waals surface area contributed by atoms with Crippen molar-refractivity contribution in [2.24, 2.45) is 5.92 Å². The van der Waals surface area contributed by atoms with E-state index in [1.807, 2.05) is 23.9 Å². The Kier molecular flexibility index (Phi) is 5.52. The van der Waals surface area contributed by atoms with Gasteiger partial charge in [-0.2, -0.15) is 0 Å². The van der Waals surface area contributed by atoms with E-state index in [0.29, 0.717) is 19.0 Å². The normalized spacial score (nSPS) is 31.4. The average molecular weight is 358 g/mol. The Morgan fingerprint density at radius 3 is 2.38 bits per heavy atom. The minimum atomic E-state index is -3.05. The molecular weight excluding hydrogens is 326 g/mol. The quantitative estimate of drug-likeness (QED) is 0.731. The van der Waals surface area contributed by atoms with Crippen molar-refractivity contribution in [3.63, 3.8) is 0 Å². The summed E-state index contributed by atoms with van der Waals surface area (Å²) in [6.45, 7) is 2.83. The van der Waals surface area contributed by atoms with Crippen LogP contribution in [0.4, 0.5) is 0 Å². The largest absolute Gasteiger partial charge is 0.335 e. The van der Waals surface area contributed by atoms with Crippen LogP contribution < -0.4 is 0 Å². The van der Waals surface area contributed by atoms with Crippen LogP contribution in [0.15, 0.2) is 0 Å². The number of likely N-dealkylation sites (N-methyl/N-ethyl adjacent to an activating group) is 1. The molecule has 0 aromatic carbocycles. The molecule has 2 heterocycles. The van der Waals surface area contributed by atoms with Gasteiger partial charge in [-0.15, -0.1) is 0 Å². The molecule has 2 saturated heterocycles. The molecule has 1 aliphatic carbocycles. The summed E-state index contributed by atoms with van der Waals surface area (Å²) in [5, 5.41) is 0. The average Bonchev–Trinajstić information content (AvgIpc) is 2.83. The maximum atomic E-state index is 12.5. The topological polar surface area (TPSA) is 60.9 Å². The molecule has 2 atom stereocenters. The van der Waals surface area contributed by atoms with Crippen molar-refractivity contribution in [1.82, 2.24) is 14.7 Å². The number of nitrogens with zero attached hydrogens (tertiary/aromatic N) is 3. The molecule has 1 saturated carbocycles. The van der Waals surface area contributed by atoms with Crippen molar-refractivity contribution in [1.29, 1.82) is 0 Å². The molecule has 1 amide bonds. The van der Waals surface area contributed by atoms with E-state index in [1.165, 1.54) is 32.1 Å². The molecule has 3 rings (SSSR count). The van der Waals surface area contributed by atoms with E-state index in [4.69, 9.17) is 0 Å². The number of hydrogen-bond donors (Lipinski definition) is 0. The lowest BCUT2D eigenvalue weighted by molar-refractivity contribution is -0.137. The molecule has 138 valence electrons. The zero-order chi connectivity index (χ0) is 17.3. The van der Waals surface area contributed by atoms with Gasteiger partial charge in [-0.05, 0) is 32.9 Å². The molecule has 0 N–H and O–H groups in total. The molecule has 0 spiro atoms. The molecule has 0 aromatic heterocycles. The molecule has 24 heavy (non-hydrogen) atoms. The first kappa shape index (κ1) is 18.1. The number of sulfone groups is 1. The van der Waals surface area contributed by atoms with Gasteiger partial charge in [0.15, 0.2) is 9.84 Å². The molecule has 0 bridgehead atoms. The third-order valence-corrected chi connectivity index (χ3v) is 7.48. The van der Waals surface area contributed by atoms with E-state index in [-0.39, 0.29) is 29.5 Å². The van der Waals surface area contributed by atoms with Crippen LogP contribution in [0.25, 0.3) is 0 Å². The first-order valence-corrected chi connectivity index (χ1v) is 11.1.